The van der Waals surface area contributed by atoms with Gasteiger partial charge in [0.1, 0.15) is 12.4 Å². The summed E-state index contributed by atoms with van der Waals surface area (Å²) in [7, 11) is 0. The summed E-state index contributed by atoms with van der Waals surface area (Å²) in [4.78, 5) is 29.7. The van der Waals surface area contributed by atoms with Crippen LogP contribution in [0.5, 0.6) is 0 Å². The summed E-state index contributed by atoms with van der Waals surface area (Å²) in [5.74, 6) is -1.09. The van der Waals surface area contributed by atoms with Crippen LogP contribution in [0.3, 0.4) is 0 Å². The van der Waals surface area contributed by atoms with Crippen molar-refractivity contribution in [2.24, 2.45) is 0 Å². The van der Waals surface area contributed by atoms with Crippen LogP contribution in [-0.4, -0.2) is 49.4 Å². The van der Waals surface area contributed by atoms with Gasteiger partial charge < -0.3 is 14.7 Å². The van der Waals surface area contributed by atoms with Gasteiger partial charge in [-0.1, -0.05) is 29.8 Å². The number of amides is 2. The van der Waals surface area contributed by atoms with Crippen molar-refractivity contribution in [3.8, 4) is 0 Å². The normalized spacial score (nSPS) is 14.2. The number of carbonyl (C=O) groups is 2. The number of carbonyl (C=O) groups excluding carboxylic acids is 2. The fraction of sp³-hybridized carbons (Fsp3) is 0.300. The van der Waals surface area contributed by atoms with Crippen LogP contribution in [-0.2, 0) is 9.59 Å². The zero-order valence-corrected chi connectivity index (χ0v) is 15.8. The molecule has 2 aromatic carbocycles. The van der Waals surface area contributed by atoms with Crippen LogP contribution in [0.2, 0.25) is 5.02 Å². The second-order valence-electron chi connectivity index (χ2n) is 6.40. The minimum atomic E-state index is -0.522. The Bertz CT molecular complexity index is 837. The average molecular weight is 390 g/mol. The molecule has 2 amide bonds. The van der Waals surface area contributed by atoms with Gasteiger partial charge in [0.25, 0.3) is 0 Å². The summed E-state index contributed by atoms with van der Waals surface area (Å²) in [5.41, 5.74) is 1.14. The maximum Gasteiger partial charge on any atom is 0.242 e. The molecule has 0 aromatic heterocycles. The van der Waals surface area contributed by atoms with Crippen molar-refractivity contribution in [2.75, 3.05) is 42.5 Å². The van der Waals surface area contributed by atoms with E-state index in [1.807, 2.05) is 24.3 Å². The standard InChI is InChI=1S/C20H21ClFN3O2/c1-15(26)25(19-8-3-2-7-18(19)22)14-20(27)24-11-9-23(10-12-24)17-6-4-5-16(21)13-17/h2-8,13H,9-12,14H2,1H3. The highest BCUT2D eigenvalue weighted by molar-refractivity contribution is 6.30. The molecule has 0 spiro atoms. The molecule has 0 aliphatic carbocycles. The second kappa shape index (κ2) is 8.39. The third-order valence-electron chi connectivity index (χ3n) is 4.62. The summed E-state index contributed by atoms with van der Waals surface area (Å²) >= 11 is 6.04. The quantitative estimate of drug-likeness (QED) is 0.806. The first-order valence-corrected chi connectivity index (χ1v) is 9.14. The van der Waals surface area contributed by atoms with Gasteiger partial charge in [0.05, 0.1) is 5.69 Å². The molecule has 1 heterocycles. The van der Waals surface area contributed by atoms with Crippen LogP contribution in [0, 0.1) is 5.82 Å². The largest absolute Gasteiger partial charge is 0.368 e. The van der Waals surface area contributed by atoms with Crippen molar-refractivity contribution in [2.45, 2.75) is 6.92 Å². The van der Waals surface area contributed by atoms with Crippen molar-refractivity contribution in [1.82, 2.24) is 4.90 Å². The summed E-state index contributed by atoms with van der Waals surface area (Å²) < 4.78 is 14.0. The predicted molar refractivity (Wildman–Crippen MR) is 105 cm³/mol. The molecule has 0 bridgehead atoms. The summed E-state index contributed by atoms with van der Waals surface area (Å²) in [6.45, 7) is 3.57. The average Bonchev–Trinajstić information content (AvgIpc) is 2.66. The fourth-order valence-corrected chi connectivity index (χ4v) is 3.34. The van der Waals surface area contributed by atoms with Gasteiger partial charge in [-0.15, -0.1) is 0 Å². The van der Waals surface area contributed by atoms with E-state index >= 15 is 0 Å². The molecule has 142 valence electrons. The number of nitrogens with zero attached hydrogens (tertiary/aromatic N) is 3. The number of rotatable bonds is 4. The molecule has 1 aliphatic rings. The lowest BCUT2D eigenvalue weighted by Crippen LogP contribution is -2.52. The summed E-state index contributed by atoms with van der Waals surface area (Å²) in [6, 6.07) is 13.6. The molecule has 2 aromatic rings. The van der Waals surface area contributed by atoms with Crippen LogP contribution in [0.4, 0.5) is 15.8 Å². The van der Waals surface area contributed by atoms with E-state index in [1.165, 1.54) is 24.0 Å². The SMILES string of the molecule is CC(=O)N(CC(=O)N1CCN(c2cccc(Cl)c2)CC1)c1ccccc1F. The van der Waals surface area contributed by atoms with Gasteiger partial charge in [-0.05, 0) is 30.3 Å². The number of halogens is 2. The molecular weight excluding hydrogens is 369 g/mol. The number of anilines is 2. The first-order valence-electron chi connectivity index (χ1n) is 8.76. The molecule has 7 heteroatoms. The lowest BCUT2D eigenvalue weighted by Gasteiger charge is -2.37. The van der Waals surface area contributed by atoms with E-state index < -0.39 is 5.82 Å². The van der Waals surface area contributed by atoms with Crippen LogP contribution in [0.1, 0.15) is 6.92 Å². The number of piperazine rings is 1. The lowest BCUT2D eigenvalue weighted by atomic mass is 10.2. The van der Waals surface area contributed by atoms with Gasteiger partial charge in [0.2, 0.25) is 11.8 Å². The van der Waals surface area contributed by atoms with Crippen LogP contribution < -0.4 is 9.80 Å². The van der Waals surface area contributed by atoms with Gasteiger partial charge in [0.15, 0.2) is 0 Å². The van der Waals surface area contributed by atoms with E-state index in [0.29, 0.717) is 31.2 Å². The number of para-hydroxylation sites is 1. The Kier molecular flexibility index (Phi) is 5.96. The third kappa shape index (κ3) is 4.57. The van der Waals surface area contributed by atoms with E-state index in [-0.39, 0.29) is 24.0 Å². The fourth-order valence-electron chi connectivity index (χ4n) is 3.16. The predicted octanol–water partition coefficient (Wildman–Crippen LogP) is 3.18. The second-order valence-corrected chi connectivity index (χ2v) is 6.84. The smallest absolute Gasteiger partial charge is 0.242 e. The first-order chi connectivity index (χ1) is 13.0. The van der Waals surface area contributed by atoms with Crippen molar-refractivity contribution < 1.29 is 14.0 Å². The van der Waals surface area contributed by atoms with E-state index in [4.69, 9.17) is 11.6 Å². The molecule has 1 aliphatic heterocycles. The lowest BCUT2D eigenvalue weighted by molar-refractivity contribution is -0.131. The third-order valence-corrected chi connectivity index (χ3v) is 4.86. The Hall–Kier alpha value is -2.60. The topological polar surface area (TPSA) is 43.9 Å². The molecule has 0 radical (unpaired) electrons. The zero-order valence-electron chi connectivity index (χ0n) is 15.1. The van der Waals surface area contributed by atoms with Crippen molar-refractivity contribution >= 4 is 34.8 Å². The summed E-state index contributed by atoms with van der Waals surface area (Å²) in [6.07, 6.45) is 0. The van der Waals surface area contributed by atoms with E-state index in [2.05, 4.69) is 4.90 Å². The Morgan fingerprint density at radius 1 is 1.07 bits per heavy atom. The van der Waals surface area contributed by atoms with Gasteiger partial charge >= 0.3 is 0 Å². The minimum absolute atomic E-state index is 0.121. The number of benzene rings is 2. The van der Waals surface area contributed by atoms with Gasteiger partial charge in [0, 0.05) is 43.8 Å². The van der Waals surface area contributed by atoms with Crippen molar-refractivity contribution in [3.63, 3.8) is 0 Å². The molecule has 1 saturated heterocycles. The highest BCUT2D eigenvalue weighted by Gasteiger charge is 2.25. The van der Waals surface area contributed by atoms with Gasteiger partial charge in [-0.25, -0.2) is 4.39 Å². The Labute approximate surface area is 162 Å². The maximum atomic E-state index is 14.0. The van der Waals surface area contributed by atoms with Crippen LogP contribution in [0.25, 0.3) is 0 Å². The Morgan fingerprint density at radius 2 is 1.78 bits per heavy atom. The van der Waals surface area contributed by atoms with Crippen molar-refractivity contribution in [1.29, 1.82) is 0 Å². The van der Waals surface area contributed by atoms with E-state index in [1.54, 1.807) is 17.0 Å². The zero-order chi connectivity index (χ0) is 19.4. The molecule has 0 atom stereocenters. The molecule has 0 unspecified atom stereocenters. The summed E-state index contributed by atoms with van der Waals surface area (Å²) in [5, 5.41) is 0.674. The van der Waals surface area contributed by atoms with Crippen molar-refractivity contribution in [3.05, 3.63) is 59.4 Å². The highest BCUT2D eigenvalue weighted by atomic mass is 35.5. The van der Waals surface area contributed by atoms with Crippen LogP contribution >= 0.6 is 11.6 Å². The molecule has 0 N–H and O–H groups in total. The first kappa shape index (κ1) is 19.2. The van der Waals surface area contributed by atoms with E-state index in [9.17, 15) is 14.0 Å². The molecule has 5 nitrogen and oxygen atoms in total. The molecule has 3 rings (SSSR count). The molecule has 27 heavy (non-hydrogen) atoms. The van der Waals surface area contributed by atoms with Gasteiger partial charge in [-0.2, -0.15) is 0 Å². The van der Waals surface area contributed by atoms with Gasteiger partial charge in [-0.3, -0.25) is 9.59 Å². The van der Waals surface area contributed by atoms with Crippen LogP contribution in [0.15, 0.2) is 48.5 Å². The number of hydrogen-bond acceptors (Lipinski definition) is 3. The Balaban J connectivity index is 1.63. The Morgan fingerprint density at radius 3 is 2.41 bits per heavy atom. The van der Waals surface area contributed by atoms with E-state index in [0.717, 1.165) is 5.69 Å². The molecule has 0 saturated carbocycles. The molecule has 1 fully saturated rings. The number of hydrogen-bond donors (Lipinski definition) is 0. The maximum absolute atomic E-state index is 14.0. The minimum Gasteiger partial charge on any atom is -0.368 e. The highest BCUT2D eigenvalue weighted by Crippen LogP contribution is 2.22. The molecular formula is C20H21ClFN3O2. The monoisotopic (exact) mass is 389 g/mol.